The van der Waals surface area contributed by atoms with E-state index in [4.69, 9.17) is 0 Å². The Morgan fingerprint density at radius 3 is 2.60 bits per heavy atom. The van der Waals surface area contributed by atoms with Gasteiger partial charge in [-0.25, -0.2) is 0 Å². The largest absolute Gasteiger partial charge is 0.480 e. The van der Waals surface area contributed by atoms with E-state index in [9.17, 15) is 9.90 Å². The normalized spacial score (nSPS) is 33.2. The molecule has 2 N–H and O–H groups in total. The van der Waals surface area contributed by atoms with Crippen molar-refractivity contribution in [3.05, 3.63) is 0 Å². The van der Waals surface area contributed by atoms with E-state index in [1.165, 1.54) is 25.7 Å². The predicted octanol–water partition coefficient (Wildman–Crippen LogP) is 2.48. The fraction of sp³-hybridized carbons (Fsp3) is 0.938. The zero-order chi connectivity index (χ0) is 14.6. The van der Waals surface area contributed by atoms with Gasteiger partial charge >= 0.3 is 5.97 Å². The molecule has 0 bridgehead atoms. The van der Waals surface area contributed by atoms with Crippen molar-refractivity contribution in [2.75, 3.05) is 20.1 Å². The molecule has 0 aromatic carbocycles. The molecule has 2 aliphatic rings. The maximum Gasteiger partial charge on any atom is 0.323 e. The van der Waals surface area contributed by atoms with Crippen LogP contribution >= 0.6 is 0 Å². The van der Waals surface area contributed by atoms with E-state index >= 15 is 0 Å². The first-order chi connectivity index (χ1) is 9.61. The van der Waals surface area contributed by atoms with E-state index < -0.39 is 11.5 Å². The van der Waals surface area contributed by atoms with Gasteiger partial charge in [0.15, 0.2) is 0 Å². The lowest BCUT2D eigenvalue weighted by Crippen LogP contribution is -2.57. The minimum absolute atomic E-state index is 0.454. The highest BCUT2D eigenvalue weighted by Crippen LogP contribution is 2.33. The van der Waals surface area contributed by atoms with Gasteiger partial charge in [0.25, 0.3) is 0 Å². The molecule has 1 saturated carbocycles. The molecule has 1 saturated heterocycles. The molecule has 0 amide bonds. The molecular weight excluding hydrogens is 252 g/mol. The molecule has 1 aliphatic carbocycles. The number of hydrogen-bond acceptors (Lipinski definition) is 3. The van der Waals surface area contributed by atoms with Gasteiger partial charge in [0.2, 0.25) is 0 Å². The Morgan fingerprint density at radius 1 is 1.35 bits per heavy atom. The van der Waals surface area contributed by atoms with E-state index in [2.05, 4.69) is 17.1 Å². The molecule has 0 radical (unpaired) electrons. The molecule has 2 fully saturated rings. The summed E-state index contributed by atoms with van der Waals surface area (Å²) in [5, 5.41) is 12.6. The highest BCUT2D eigenvalue weighted by atomic mass is 16.4. The van der Waals surface area contributed by atoms with Crippen LogP contribution in [0.15, 0.2) is 0 Å². The fourth-order valence-electron chi connectivity index (χ4n) is 4.10. The summed E-state index contributed by atoms with van der Waals surface area (Å²) in [5.74, 6) is 0.221. The van der Waals surface area contributed by atoms with Gasteiger partial charge in [-0.1, -0.05) is 19.8 Å². The third kappa shape index (κ3) is 3.34. The third-order valence-corrected chi connectivity index (χ3v) is 5.48. The van der Waals surface area contributed by atoms with Gasteiger partial charge in [-0.3, -0.25) is 4.79 Å². The predicted molar refractivity (Wildman–Crippen MR) is 80.9 cm³/mol. The molecular formula is C16H30N2O2. The number of carboxylic acids is 1. The molecule has 116 valence electrons. The van der Waals surface area contributed by atoms with Crippen LogP contribution in [0.4, 0.5) is 0 Å². The molecule has 1 aliphatic heterocycles. The molecule has 2 rings (SSSR count). The summed E-state index contributed by atoms with van der Waals surface area (Å²) in [6.45, 7) is 4.59. The average Bonchev–Trinajstić information content (AvgIpc) is 2.48. The number of likely N-dealkylation sites (tertiary alicyclic amines) is 1. The lowest BCUT2D eigenvalue weighted by Gasteiger charge is -2.44. The molecule has 4 nitrogen and oxygen atoms in total. The number of carboxylic acid groups (broad SMARTS) is 1. The van der Waals surface area contributed by atoms with E-state index in [1.807, 2.05) is 0 Å². The smallest absolute Gasteiger partial charge is 0.323 e. The van der Waals surface area contributed by atoms with Gasteiger partial charge in [0.1, 0.15) is 5.54 Å². The summed E-state index contributed by atoms with van der Waals surface area (Å²) in [4.78, 5) is 14.1. The number of piperidine rings is 1. The number of nitrogens with zero attached hydrogens (tertiary/aromatic N) is 1. The second-order valence-electron chi connectivity index (χ2n) is 6.66. The number of nitrogens with one attached hydrogen (secondary N) is 1. The highest BCUT2D eigenvalue weighted by Gasteiger charge is 2.43. The Labute approximate surface area is 122 Å². The summed E-state index contributed by atoms with van der Waals surface area (Å²) < 4.78 is 0. The Hall–Kier alpha value is -0.610. The van der Waals surface area contributed by atoms with E-state index in [0.717, 1.165) is 44.7 Å². The maximum atomic E-state index is 11.6. The Kier molecular flexibility index (Phi) is 5.44. The van der Waals surface area contributed by atoms with Crippen LogP contribution in [0.25, 0.3) is 0 Å². The number of likely N-dealkylation sites (N-methyl/N-ethyl adjacent to an activating group) is 1. The maximum absolute atomic E-state index is 11.6. The second kappa shape index (κ2) is 6.90. The second-order valence-corrected chi connectivity index (χ2v) is 6.66. The van der Waals surface area contributed by atoms with Crippen molar-refractivity contribution in [3.8, 4) is 0 Å². The van der Waals surface area contributed by atoms with Crippen molar-refractivity contribution >= 4 is 5.97 Å². The van der Waals surface area contributed by atoms with Gasteiger partial charge < -0.3 is 15.3 Å². The minimum Gasteiger partial charge on any atom is -0.480 e. The fourth-order valence-corrected chi connectivity index (χ4v) is 4.10. The van der Waals surface area contributed by atoms with Crippen molar-refractivity contribution in [2.45, 2.75) is 69.9 Å². The number of carbonyl (C=O) groups is 1. The van der Waals surface area contributed by atoms with Crippen LogP contribution in [-0.2, 0) is 4.79 Å². The van der Waals surface area contributed by atoms with Crippen LogP contribution in [0.1, 0.15) is 58.3 Å². The highest BCUT2D eigenvalue weighted by molar-refractivity contribution is 5.79. The third-order valence-electron chi connectivity index (χ3n) is 5.48. The molecule has 0 aromatic heterocycles. The number of rotatable bonds is 5. The number of aliphatic carboxylic acids is 1. The standard InChI is InChI=1S/C16H30N2O2/c1-3-5-13-7-10-18(11-8-13)14-6-4-9-16(12-14,17-2)15(19)20/h13-14,17H,3-12H2,1-2H3,(H,19,20). The van der Waals surface area contributed by atoms with Gasteiger partial charge in [0.05, 0.1) is 0 Å². The van der Waals surface area contributed by atoms with E-state index in [0.29, 0.717) is 6.04 Å². The van der Waals surface area contributed by atoms with Gasteiger partial charge in [-0.2, -0.15) is 0 Å². The van der Waals surface area contributed by atoms with Gasteiger partial charge in [0, 0.05) is 6.04 Å². The Morgan fingerprint density at radius 2 is 2.05 bits per heavy atom. The van der Waals surface area contributed by atoms with Crippen LogP contribution < -0.4 is 5.32 Å². The molecule has 1 heterocycles. The van der Waals surface area contributed by atoms with Crippen LogP contribution in [0.2, 0.25) is 0 Å². The Bertz CT molecular complexity index is 326. The number of hydrogen-bond donors (Lipinski definition) is 2. The lowest BCUT2D eigenvalue weighted by atomic mass is 9.77. The molecule has 0 aromatic rings. The molecule has 0 spiro atoms. The molecule has 2 atom stereocenters. The summed E-state index contributed by atoms with van der Waals surface area (Å²) in [6, 6.07) is 0.454. The van der Waals surface area contributed by atoms with Crippen molar-refractivity contribution in [1.82, 2.24) is 10.2 Å². The van der Waals surface area contributed by atoms with Crippen molar-refractivity contribution in [1.29, 1.82) is 0 Å². The zero-order valence-corrected chi connectivity index (χ0v) is 13.0. The Balaban J connectivity index is 1.91. The van der Waals surface area contributed by atoms with E-state index in [-0.39, 0.29) is 0 Å². The van der Waals surface area contributed by atoms with Crippen LogP contribution in [0, 0.1) is 5.92 Å². The molecule has 20 heavy (non-hydrogen) atoms. The van der Waals surface area contributed by atoms with Crippen molar-refractivity contribution in [2.24, 2.45) is 5.92 Å². The molecule has 4 heteroatoms. The zero-order valence-electron chi connectivity index (χ0n) is 13.0. The summed E-state index contributed by atoms with van der Waals surface area (Å²) >= 11 is 0. The van der Waals surface area contributed by atoms with Crippen molar-refractivity contribution < 1.29 is 9.90 Å². The minimum atomic E-state index is -0.691. The van der Waals surface area contributed by atoms with Gasteiger partial charge in [-0.15, -0.1) is 0 Å². The summed E-state index contributed by atoms with van der Waals surface area (Å²) in [6.07, 6.45) is 8.94. The quantitative estimate of drug-likeness (QED) is 0.813. The average molecular weight is 282 g/mol. The van der Waals surface area contributed by atoms with Crippen LogP contribution in [0.3, 0.4) is 0 Å². The van der Waals surface area contributed by atoms with E-state index in [1.54, 1.807) is 7.05 Å². The molecule has 2 unspecified atom stereocenters. The van der Waals surface area contributed by atoms with Crippen LogP contribution in [-0.4, -0.2) is 47.7 Å². The van der Waals surface area contributed by atoms with Crippen LogP contribution in [0.5, 0.6) is 0 Å². The summed E-state index contributed by atoms with van der Waals surface area (Å²) in [7, 11) is 1.80. The monoisotopic (exact) mass is 282 g/mol. The first kappa shape index (κ1) is 15.8. The first-order valence-corrected chi connectivity index (χ1v) is 8.27. The SMILES string of the molecule is CCCC1CCN(C2CCCC(NC)(C(=O)O)C2)CC1. The lowest BCUT2D eigenvalue weighted by molar-refractivity contribution is -0.147. The van der Waals surface area contributed by atoms with Crippen molar-refractivity contribution in [3.63, 3.8) is 0 Å². The van der Waals surface area contributed by atoms with Gasteiger partial charge in [-0.05, 0) is 64.6 Å². The first-order valence-electron chi connectivity index (χ1n) is 8.27. The summed E-state index contributed by atoms with van der Waals surface area (Å²) in [5.41, 5.74) is -0.691. The topological polar surface area (TPSA) is 52.6 Å².